The average molecular weight is 317 g/mol. The number of piperidine rings is 1. The number of ketones is 1. The molecule has 3 rings (SSSR count). The molecule has 0 unspecified atom stereocenters. The molecule has 2 nitrogen and oxygen atoms in total. The maximum Gasteiger partial charge on any atom is 0.184 e. The van der Waals surface area contributed by atoms with E-state index in [1.807, 2.05) is 18.2 Å². The molecule has 22 heavy (non-hydrogen) atoms. The lowest BCUT2D eigenvalue weighted by Crippen LogP contribution is -2.57. The van der Waals surface area contributed by atoms with Crippen molar-refractivity contribution in [3.05, 3.63) is 29.3 Å². The Hall–Kier alpha value is -0.800. The maximum absolute atomic E-state index is 13.5. The summed E-state index contributed by atoms with van der Waals surface area (Å²) in [7, 11) is 0. The number of hydrogen-bond acceptors (Lipinski definition) is 3. The van der Waals surface area contributed by atoms with Crippen molar-refractivity contribution in [1.29, 1.82) is 0 Å². The van der Waals surface area contributed by atoms with Gasteiger partial charge in [0.25, 0.3) is 0 Å². The van der Waals surface area contributed by atoms with Crippen LogP contribution in [0.1, 0.15) is 67.3 Å². The van der Waals surface area contributed by atoms with Crippen LogP contribution < -0.4 is 0 Å². The predicted octanol–water partition coefficient (Wildman–Crippen LogP) is 4.66. The summed E-state index contributed by atoms with van der Waals surface area (Å²) < 4.78 is 0. The largest absolute Gasteiger partial charge is 0.292 e. The molecule has 1 heterocycles. The van der Waals surface area contributed by atoms with Gasteiger partial charge in [-0.25, -0.2) is 0 Å². The van der Waals surface area contributed by atoms with E-state index in [2.05, 4.69) is 24.5 Å². The highest BCUT2D eigenvalue weighted by atomic mass is 32.1. The van der Waals surface area contributed by atoms with E-state index in [1.54, 1.807) is 0 Å². The molecule has 1 aromatic rings. The third-order valence-electron chi connectivity index (χ3n) is 5.46. The fraction of sp³-hybridized carbons (Fsp3) is 0.632. The highest BCUT2D eigenvalue weighted by molar-refractivity contribution is 7.80. The van der Waals surface area contributed by atoms with E-state index in [0.717, 1.165) is 42.0 Å². The Morgan fingerprint density at radius 2 is 1.68 bits per heavy atom. The van der Waals surface area contributed by atoms with Gasteiger partial charge in [-0.2, -0.15) is 0 Å². The molecule has 0 N–H and O–H groups in total. The Balaban J connectivity index is 1.95. The van der Waals surface area contributed by atoms with Crippen LogP contribution in [-0.4, -0.2) is 29.3 Å². The molecule has 0 atom stereocenters. The molecule has 0 amide bonds. The first-order valence-corrected chi connectivity index (χ1v) is 9.18. The second-order valence-corrected chi connectivity index (χ2v) is 7.47. The second kappa shape index (κ2) is 6.76. The first-order chi connectivity index (χ1) is 10.6. The van der Waals surface area contributed by atoms with E-state index < -0.39 is 0 Å². The van der Waals surface area contributed by atoms with Crippen LogP contribution in [0.15, 0.2) is 23.1 Å². The minimum Gasteiger partial charge on any atom is -0.292 e. The zero-order valence-corrected chi connectivity index (χ0v) is 14.5. The van der Waals surface area contributed by atoms with Crippen LogP contribution >= 0.6 is 12.6 Å². The topological polar surface area (TPSA) is 20.3 Å². The van der Waals surface area contributed by atoms with Crippen LogP contribution in [0.3, 0.4) is 0 Å². The van der Waals surface area contributed by atoms with Gasteiger partial charge in [0.2, 0.25) is 0 Å². The SMILES string of the molecule is Cc1ccc(C(=O)C2(N3CCCCC3)CCCCC2)c(S)c1. The van der Waals surface area contributed by atoms with Gasteiger partial charge in [-0.15, -0.1) is 12.6 Å². The number of carbonyl (C=O) groups is 1. The molecule has 1 saturated heterocycles. The summed E-state index contributed by atoms with van der Waals surface area (Å²) in [5, 5.41) is 0. The Morgan fingerprint density at radius 3 is 2.32 bits per heavy atom. The fourth-order valence-corrected chi connectivity index (χ4v) is 4.61. The van der Waals surface area contributed by atoms with E-state index in [9.17, 15) is 4.79 Å². The highest BCUT2D eigenvalue weighted by Gasteiger charge is 2.45. The smallest absolute Gasteiger partial charge is 0.184 e. The normalized spacial score (nSPS) is 22.5. The van der Waals surface area contributed by atoms with Crippen LogP contribution in [-0.2, 0) is 0 Å². The molecule has 0 spiro atoms. The number of Topliss-reactive ketones (excluding diaryl/α,β-unsaturated/α-hetero) is 1. The molecule has 2 aliphatic rings. The van der Waals surface area contributed by atoms with Gasteiger partial charge in [0, 0.05) is 10.5 Å². The van der Waals surface area contributed by atoms with Crippen molar-refractivity contribution >= 4 is 18.4 Å². The first kappa shape index (κ1) is 16.1. The number of rotatable bonds is 3. The van der Waals surface area contributed by atoms with E-state index in [-0.39, 0.29) is 5.54 Å². The lowest BCUT2D eigenvalue weighted by atomic mass is 9.74. The van der Waals surface area contributed by atoms with Gasteiger partial charge in [-0.05, 0) is 63.4 Å². The predicted molar refractivity (Wildman–Crippen MR) is 94.0 cm³/mol. The molecule has 1 aliphatic carbocycles. The van der Waals surface area contributed by atoms with Crippen LogP contribution in [0.25, 0.3) is 0 Å². The lowest BCUT2D eigenvalue weighted by Gasteiger charge is -2.47. The standard InChI is InChI=1S/C19H27NOS/c1-15-8-9-16(17(22)14-15)18(21)19(10-4-2-5-11-19)20-12-6-3-7-13-20/h8-9,14,22H,2-7,10-13H2,1H3. The minimum absolute atomic E-state index is 0.259. The Bertz CT molecular complexity index is 542. The second-order valence-electron chi connectivity index (χ2n) is 6.99. The van der Waals surface area contributed by atoms with Crippen molar-refractivity contribution in [3.63, 3.8) is 0 Å². The van der Waals surface area contributed by atoms with Gasteiger partial charge in [-0.1, -0.05) is 31.7 Å². The lowest BCUT2D eigenvalue weighted by molar-refractivity contribution is 0.0289. The fourth-order valence-electron chi connectivity index (χ4n) is 4.23. The van der Waals surface area contributed by atoms with Crippen molar-refractivity contribution in [2.45, 2.75) is 68.7 Å². The molecule has 3 heteroatoms. The Kier molecular flexibility index (Phi) is 4.94. The third-order valence-corrected chi connectivity index (χ3v) is 5.83. The molecule has 0 aromatic heterocycles. The number of aryl methyl sites for hydroxylation is 1. The van der Waals surface area contributed by atoms with Gasteiger partial charge >= 0.3 is 0 Å². The van der Waals surface area contributed by atoms with Crippen LogP contribution in [0, 0.1) is 6.92 Å². The van der Waals surface area contributed by atoms with Crippen LogP contribution in [0.2, 0.25) is 0 Å². The highest BCUT2D eigenvalue weighted by Crippen LogP contribution is 2.39. The molecule has 0 bridgehead atoms. The summed E-state index contributed by atoms with van der Waals surface area (Å²) in [6.07, 6.45) is 9.44. The zero-order chi connectivity index (χ0) is 15.6. The van der Waals surface area contributed by atoms with E-state index in [0.29, 0.717) is 5.78 Å². The zero-order valence-electron chi connectivity index (χ0n) is 13.6. The molecule has 1 saturated carbocycles. The van der Waals surface area contributed by atoms with Crippen LogP contribution in [0.5, 0.6) is 0 Å². The Labute approximate surface area is 139 Å². The number of nitrogens with zero attached hydrogens (tertiary/aromatic N) is 1. The molecule has 2 fully saturated rings. The molecule has 1 aromatic carbocycles. The van der Waals surface area contributed by atoms with Crippen molar-refractivity contribution in [2.24, 2.45) is 0 Å². The summed E-state index contributed by atoms with van der Waals surface area (Å²) in [5.41, 5.74) is 1.73. The average Bonchev–Trinajstić information content (AvgIpc) is 2.56. The van der Waals surface area contributed by atoms with E-state index in [4.69, 9.17) is 0 Å². The number of carbonyl (C=O) groups excluding carboxylic acids is 1. The number of hydrogen-bond donors (Lipinski definition) is 1. The monoisotopic (exact) mass is 317 g/mol. The summed E-state index contributed by atoms with van der Waals surface area (Å²) in [4.78, 5) is 16.8. The number of thiol groups is 1. The quantitative estimate of drug-likeness (QED) is 0.646. The first-order valence-electron chi connectivity index (χ1n) is 8.73. The third kappa shape index (κ3) is 2.98. The summed E-state index contributed by atoms with van der Waals surface area (Å²) in [6, 6.07) is 6.04. The van der Waals surface area contributed by atoms with Crippen molar-refractivity contribution in [2.75, 3.05) is 13.1 Å². The molecule has 1 aliphatic heterocycles. The van der Waals surface area contributed by atoms with Gasteiger partial charge in [0.05, 0.1) is 5.54 Å². The van der Waals surface area contributed by atoms with Crippen molar-refractivity contribution in [3.8, 4) is 0 Å². The van der Waals surface area contributed by atoms with E-state index >= 15 is 0 Å². The van der Waals surface area contributed by atoms with Crippen molar-refractivity contribution in [1.82, 2.24) is 4.90 Å². The molecular formula is C19H27NOS. The maximum atomic E-state index is 13.5. The van der Waals surface area contributed by atoms with Gasteiger partial charge in [0.15, 0.2) is 5.78 Å². The van der Waals surface area contributed by atoms with Gasteiger partial charge < -0.3 is 0 Å². The number of benzene rings is 1. The van der Waals surface area contributed by atoms with E-state index in [1.165, 1.54) is 38.5 Å². The molecule has 120 valence electrons. The summed E-state index contributed by atoms with van der Waals surface area (Å²) >= 11 is 4.59. The minimum atomic E-state index is -0.259. The van der Waals surface area contributed by atoms with Crippen LogP contribution in [0.4, 0.5) is 0 Å². The number of likely N-dealkylation sites (tertiary alicyclic amines) is 1. The van der Waals surface area contributed by atoms with Gasteiger partial charge in [-0.3, -0.25) is 9.69 Å². The van der Waals surface area contributed by atoms with Crippen molar-refractivity contribution < 1.29 is 4.79 Å². The Morgan fingerprint density at radius 1 is 1.05 bits per heavy atom. The van der Waals surface area contributed by atoms with Gasteiger partial charge in [0.1, 0.15) is 0 Å². The summed E-state index contributed by atoms with van der Waals surface area (Å²) in [6.45, 7) is 4.22. The molecular weight excluding hydrogens is 290 g/mol. The molecule has 0 radical (unpaired) electrons. The summed E-state index contributed by atoms with van der Waals surface area (Å²) in [5.74, 6) is 0.319.